The van der Waals surface area contributed by atoms with Crippen molar-refractivity contribution in [3.63, 3.8) is 0 Å². The van der Waals surface area contributed by atoms with Crippen LogP contribution in [0.15, 0.2) is 6.07 Å². The molecule has 0 saturated carbocycles. The molecule has 2 rings (SSSR count). The molecule has 0 bridgehead atoms. The average molecular weight is 265 g/mol. The van der Waals surface area contributed by atoms with Crippen molar-refractivity contribution in [2.45, 2.75) is 26.7 Å². The predicted molar refractivity (Wildman–Crippen MR) is 73.1 cm³/mol. The van der Waals surface area contributed by atoms with Gasteiger partial charge in [0, 0.05) is 39.5 Å². The summed E-state index contributed by atoms with van der Waals surface area (Å²) in [7, 11) is 3.71. The first-order chi connectivity index (χ1) is 8.91. The molecular formula is C14H23N3O2. The van der Waals surface area contributed by atoms with E-state index in [-0.39, 0.29) is 11.3 Å². The molecule has 0 radical (unpaired) electrons. The van der Waals surface area contributed by atoms with Gasteiger partial charge in [-0.05, 0) is 31.2 Å². The third kappa shape index (κ3) is 3.15. The lowest BCUT2D eigenvalue weighted by Crippen LogP contribution is -2.40. The molecule has 1 saturated heterocycles. The zero-order chi connectivity index (χ0) is 14.0. The number of carbonyl (C=O) groups excluding carboxylic acids is 1. The fourth-order valence-corrected chi connectivity index (χ4v) is 2.53. The molecule has 19 heavy (non-hydrogen) atoms. The molecule has 106 valence electrons. The topological polar surface area (TPSA) is 47.4 Å². The van der Waals surface area contributed by atoms with E-state index in [0.29, 0.717) is 5.69 Å². The summed E-state index contributed by atoms with van der Waals surface area (Å²) in [5.41, 5.74) is 1.68. The molecule has 1 aliphatic rings. The van der Waals surface area contributed by atoms with Crippen molar-refractivity contribution in [1.29, 1.82) is 0 Å². The van der Waals surface area contributed by atoms with Crippen molar-refractivity contribution >= 4 is 5.91 Å². The van der Waals surface area contributed by atoms with Crippen LogP contribution < -0.4 is 0 Å². The van der Waals surface area contributed by atoms with Gasteiger partial charge < -0.3 is 9.64 Å². The van der Waals surface area contributed by atoms with Gasteiger partial charge in [-0.25, -0.2) is 0 Å². The zero-order valence-electron chi connectivity index (χ0n) is 12.3. The van der Waals surface area contributed by atoms with Crippen LogP contribution in [-0.2, 0) is 11.8 Å². The standard InChI is InChI=1S/C14H23N3O2/c1-11-9-12(15-17(11)4)13(18)16(3)10-14(2)5-7-19-8-6-14/h9H,5-8,10H2,1-4H3. The minimum atomic E-state index is -0.00332. The third-order valence-corrected chi connectivity index (χ3v) is 4.00. The van der Waals surface area contributed by atoms with Gasteiger partial charge >= 0.3 is 0 Å². The van der Waals surface area contributed by atoms with E-state index in [1.807, 2.05) is 27.1 Å². The second kappa shape index (κ2) is 5.33. The number of carbonyl (C=O) groups is 1. The fourth-order valence-electron chi connectivity index (χ4n) is 2.53. The highest BCUT2D eigenvalue weighted by Gasteiger charge is 2.30. The van der Waals surface area contributed by atoms with E-state index < -0.39 is 0 Å². The van der Waals surface area contributed by atoms with Crippen molar-refractivity contribution in [3.8, 4) is 0 Å². The molecular weight excluding hydrogens is 242 g/mol. The number of hydrogen-bond acceptors (Lipinski definition) is 3. The number of amides is 1. The Bertz CT molecular complexity index is 442. The van der Waals surface area contributed by atoms with Crippen LogP contribution in [0.4, 0.5) is 0 Å². The Morgan fingerprint density at radius 3 is 2.68 bits per heavy atom. The van der Waals surface area contributed by atoms with E-state index in [0.717, 1.165) is 38.3 Å². The first-order valence-electron chi connectivity index (χ1n) is 6.75. The minimum absolute atomic E-state index is 0.00332. The van der Waals surface area contributed by atoms with Crippen LogP contribution in [0, 0.1) is 12.3 Å². The summed E-state index contributed by atoms with van der Waals surface area (Å²) in [4.78, 5) is 14.1. The largest absolute Gasteiger partial charge is 0.381 e. The van der Waals surface area contributed by atoms with E-state index in [1.54, 1.807) is 9.58 Å². The number of rotatable bonds is 3. The first-order valence-corrected chi connectivity index (χ1v) is 6.75. The summed E-state index contributed by atoms with van der Waals surface area (Å²) in [5, 5.41) is 4.25. The number of ether oxygens (including phenoxy) is 1. The lowest BCUT2D eigenvalue weighted by Gasteiger charge is -2.36. The average Bonchev–Trinajstić information content (AvgIpc) is 2.69. The summed E-state index contributed by atoms with van der Waals surface area (Å²) in [6, 6.07) is 1.84. The summed E-state index contributed by atoms with van der Waals surface area (Å²) in [6.45, 7) is 6.51. The Morgan fingerprint density at radius 2 is 2.16 bits per heavy atom. The first kappa shape index (κ1) is 14.1. The maximum absolute atomic E-state index is 12.3. The normalized spacial score (nSPS) is 18.3. The highest BCUT2D eigenvalue weighted by Crippen LogP contribution is 2.30. The van der Waals surface area contributed by atoms with E-state index in [9.17, 15) is 4.79 Å². The van der Waals surface area contributed by atoms with Crippen LogP contribution in [-0.4, -0.2) is 47.4 Å². The van der Waals surface area contributed by atoms with Gasteiger partial charge in [-0.2, -0.15) is 5.10 Å². The molecule has 1 fully saturated rings. The Morgan fingerprint density at radius 1 is 1.53 bits per heavy atom. The lowest BCUT2D eigenvalue weighted by molar-refractivity contribution is 0.00905. The van der Waals surface area contributed by atoms with Crippen molar-refractivity contribution in [1.82, 2.24) is 14.7 Å². The van der Waals surface area contributed by atoms with E-state index in [4.69, 9.17) is 4.74 Å². The predicted octanol–water partition coefficient (Wildman–Crippen LogP) is 1.62. The molecule has 0 N–H and O–H groups in total. The Hall–Kier alpha value is -1.36. The monoisotopic (exact) mass is 265 g/mol. The molecule has 0 aliphatic carbocycles. The minimum Gasteiger partial charge on any atom is -0.381 e. The van der Waals surface area contributed by atoms with Gasteiger partial charge in [-0.15, -0.1) is 0 Å². The smallest absolute Gasteiger partial charge is 0.274 e. The molecule has 1 aliphatic heterocycles. The molecule has 1 aromatic rings. The van der Waals surface area contributed by atoms with E-state index in [2.05, 4.69) is 12.0 Å². The molecule has 0 aromatic carbocycles. The molecule has 0 atom stereocenters. The SMILES string of the molecule is Cc1cc(C(=O)N(C)CC2(C)CCOCC2)nn1C. The summed E-state index contributed by atoms with van der Waals surface area (Å²) < 4.78 is 7.12. The number of nitrogens with zero attached hydrogens (tertiary/aromatic N) is 3. The van der Waals surface area contributed by atoms with Crippen molar-refractivity contribution in [2.24, 2.45) is 12.5 Å². The Balaban J connectivity index is 2.02. The second-order valence-electron chi connectivity index (χ2n) is 5.88. The van der Waals surface area contributed by atoms with Crippen LogP contribution >= 0.6 is 0 Å². The molecule has 1 amide bonds. The fraction of sp³-hybridized carbons (Fsp3) is 0.714. The van der Waals surface area contributed by atoms with Crippen molar-refractivity contribution in [2.75, 3.05) is 26.8 Å². The van der Waals surface area contributed by atoms with Gasteiger partial charge in [0.25, 0.3) is 5.91 Å². The molecule has 5 nitrogen and oxygen atoms in total. The molecule has 2 heterocycles. The van der Waals surface area contributed by atoms with Crippen LogP contribution in [0.1, 0.15) is 35.9 Å². The summed E-state index contributed by atoms with van der Waals surface area (Å²) in [6.07, 6.45) is 2.01. The van der Waals surface area contributed by atoms with Crippen molar-refractivity contribution in [3.05, 3.63) is 17.5 Å². The van der Waals surface area contributed by atoms with E-state index in [1.165, 1.54) is 0 Å². The van der Waals surface area contributed by atoms with E-state index >= 15 is 0 Å². The third-order valence-electron chi connectivity index (χ3n) is 4.00. The van der Waals surface area contributed by atoms with Crippen LogP contribution in [0.2, 0.25) is 0 Å². The molecule has 0 spiro atoms. The lowest BCUT2D eigenvalue weighted by atomic mass is 9.82. The highest BCUT2D eigenvalue weighted by atomic mass is 16.5. The van der Waals surface area contributed by atoms with Gasteiger partial charge in [0.05, 0.1) is 0 Å². The number of aromatic nitrogens is 2. The van der Waals surface area contributed by atoms with Gasteiger partial charge in [0.15, 0.2) is 5.69 Å². The summed E-state index contributed by atoms with van der Waals surface area (Å²) >= 11 is 0. The second-order valence-corrected chi connectivity index (χ2v) is 5.88. The quantitative estimate of drug-likeness (QED) is 0.834. The summed E-state index contributed by atoms with van der Waals surface area (Å²) in [5.74, 6) is -0.00332. The van der Waals surface area contributed by atoms with Crippen molar-refractivity contribution < 1.29 is 9.53 Å². The maximum Gasteiger partial charge on any atom is 0.274 e. The highest BCUT2D eigenvalue weighted by molar-refractivity contribution is 5.92. The van der Waals surface area contributed by atoms with Crippen LogP contribution in [0.25, 0.3) is 0 Å². The van der Waals surface area contributed by atoms with Gasteiger partial charge in [0.2, 0.25) is 0 Å². The molecule has 1 aromatic heterocycles. The Labute approximate surface area is 114 Å². The van der Waals surface area contributed by atoms with Gasteiger partial charge in [-0.3, -0.25) is 9.48 Å². The number of aryl methyl sites for hydroxylation is 2. The zero-order valence-corrected chi connectivity index (χ0v) is 12.3. The Kier molecular flexibility index (Phi) is 3.94. The maximum atomic E-state index is 12.3. The van der Waals surface area contributed by atoms with Gasteiger partial charge in [0.1, 0.15) is 0 Å². The van der Waals surface area contributed by atoms with Crippen LogP contribution in [0.5, 0.6) is 0 Å². The molecule has 5 heteroatoms. The van der Waals surface area contributed by atoms with Crippen LogP contribution in [0.3, 0.4) is 0 Å². The molecule has 0 unspecified atom stereocenters. The number of hydrogen-bond donors (Lipinski definition) is 0. The van der Waals surface area contributed by atoms with Gasteiger partial charge in [-0.1, -0.05) is 6.92 Å².